The molecule has 1 aliphatic rings. The molecule has 1 aromatic heterocycles. The largest absolute Gasteiger partial charge is 0.444 e. The van der Waals surface area contributed by atoms with Crippen LogP contribution in [0.3, 0.4) is 0 Å². The van der Waals surface area contributed by atoms with E-state index in [2.05, 4.69) is 20.6 Å². The highest BCUT2D eigenvalue weighted by Gasteiger charge is 2.27. The highest BCUT2D eigenvalue weighted by molar-refractivity contribution is 14.0. The predicted molar refractivity (Wildman–Crippen MR) is 141 cm³/mol. The van der Waals surface area contributed by atoms with Crippen LogP contribution in [-0.2, 0) is 11.3 Å². The van der Waals surface area contributed by atoms with Crippen LogP contribution in [0.2, 0.25) is 0 Å². The minimum absolute atomic E-state index is 0. The van der Waals surface area contributed by atoms with E-state index in [0.717, 1.165) is 50.2 Å². The number of ether oxygens (including phenoxy) is 1. The van der Waals surface area contributed by atoms with Gasteiger partial charge < -0.3 is 24.7 Å². The fraction of sp³-hybridized carbons (Fsp3) is 0.542. The lowest BCUT2D eigenvalue weighted by molar-refractivity contribution is 0.0162. The van der Waals surface area contributed by atoms with Crippen molar-refractivity contribution in [3.05, 3.63) is 42.3 Å². The van der Waals surface area contributed by atoms with Gasteiger partial charge in [-0.2, -0.15) is 0 Å². The first kappa shape index (κ1) is 26.9. The Morgan fingerprint density at radius 2 is 2.03 bits per heavy atom. The van der Waals surface area contributed by atoms with Gasteiger partial charge in [-0.1, -0.05) is 18.2 Å². The van der Waals surface area contributed by atoms with Crippen LogP contribution in [0.4, 0.5) is 4.79 Å². The lowest BCUT2D eigenvalue weighted by Gasteiger charge is -2.34. The fourth-order valence-electron chi connectivity index (χ4n) is 3.68. The molecule has 182 valence electrons. The second kappa shape index (κ2) is 12.8. The van der Waals surface area contributed by atoms with Crippen molar-refractivity contribution < 1.29 is 13.9 Å². The minimum atomic E-state index is -0.463. The lowest BCUT2D eigenvalue weighted by Crippen LogP contribution is -2.44. The van der Waals surface area contributed by atoms with Gasteiger partial charge in [0.2, 0.25) is 5.89 Å². The van der Waals surface area contributed by atoms with Crippen LogP contribution in [0, 0.1) is 5.92 Å². The molecule has 2 aromatic rings. The number of likely N-dealkylation sites (tertiary alicyclic amines) is 1. The zero-order chi connectivity index (χ0) is 23.0. The first-order chi connectivity index (χ1) is 15.3. The first-order valence-electron chi connectivity index (χ1n) is 11.3. The number of hydrogen-bond donors (Lipinski definition) is 2. The number of carbonyl (C=O) groups is 1. The van der Waals surface area contributed by atoms with E-state index in [9.17, 15) is 4.79 Å². The van der Waals surface area contributed by atoms with Crippen molar-refractivity contribution in [3.8, 4) is 11.5 Å². The number of benzene rings is 1. The summed E-state index contributed by atoms with van der Waals surface area (Å²) >= 11 is 0. The van der Waals surface area contributed by atoms with Crippen LogP contribution < -0.4 is 10.6 Å². The molecule has 0 aliphatic carbocycles. The number of aliphatic imine (C=N–C) groups is 1. The van der Waals surface area contributed by atoms with Crippen molar-refractivity contribution in [2.24, 2.45) is 10.9 Å². The molecule has 0 bridgehead atoms. The Balaban J connectivity index is 0.00000385. The average Bonchev–Trinajstić information content (AvgIpc) is 3.25. The standard InChI is InChI=1S/C24H35N5O3.HI/c1-24(2,3)32-23(30)29-14-8-9-18(16-29)12-13-26-22(25-4)27-15-20-17-31-21(28-20)19-10-6-5-7-11-19;/h5-7,10-11,17-18H,8-9,12-16H2,1-4H3,(H2,25,26,27);1H. The smallest absolute Gasteiger partial charge is 0.410 e. The number of nitrogens with zero attached hydrogens (tertiary/aromatic N) is 3. The van der Waals surface area contributed by atoms with Crippen LogP contribution in [0.25, 0.3) is 11.5 Å². The number of oxazole rings is 1. The first-order valence-corrected chi connectivity index (χ1v) is 11.3. The predicted octanol–water partition coefficient (Wildman–Crippen LogP) is 4.66. The Morgan fingerprint density at radius 3 is 2.73 bits per heavy atom. The molecule has 1 aliphatic heterocycles. The van der Waals surface area contributed by atoms with E-state index < -0.39 is 5.60 Å². The summed E-state index contributed by atoms with van der Waals surface area (Å²) in [6.07, 6.45) is 4.54. The second-order valence-corrected chi connectivity index (χ2v) is 9.09. The van der Waals surface area contributed by atoms with Crippen molar-refractivity contribution in [1.29, 1.82) is 0 Å². The number of nitrogens with one attached hydrogen (secondary N) is 2. The third-order valence-corrected chi connectivity index (χ3v) is 5.25. The van der Waals surface area contributed by atoms with Crippen molar-refractivity contribution in [2.45, 2.75) is 52.2 Å². The molecule has 2 heterocycles. The molecular formula is C24H36IN5O3. The van der Waals surface area contributed by atoms with Crippen molar-refractivity contribution in [2.75, 3.05) is 26.7 Å². The molecule has 0 radical (unpaired) electrons. The summed E-state index contributed by atoms with van der Waals surface area (Å²) in [5.74, 6) is 1.78. The highest BCUT2D eigenvalue weighted by Crippen LogP contribution is 2.21. The summed E-state index contributed by atoms with van der Waals surface area (Å²) in [4.78, 5) is 23.0. The number of halogens is 1. The van der Waals surface area contributed by atoms with Gasteiger partial charge >= 0.3 is 6.09 Å². The van der Waals surface area contributed by atoms with Gasteiger partial charge in [-0.3, -0.25) is 4.99 Å². The Bertz CT molecular complexity index is 895. The zero-order valence-electron chi connectivity index (χ0n) is 20.0. The van der Waals surface area contributed by atoms with Crippen molar-refractivity contribution in [3.63, 3.8) is 0 Å². The normalized spacial score (nSPS) is 16.7. The molecule has 9 heteroatoms. The van der Waals surface area contributed by atoms with E-state index in [-0.39, 0.29) is 30.1 Å². The number of hydrogen-bond acceptors (Lipinski definition) is 5. The zero-order valence-corrected chi connectivity index (χ0v) is 22.3. The summed E-state index contributed by atoms with van der Waals surface area (Å²) in [7, 11) is 1.75. The van der Waals surface area contributed by atoms with Gasteiger partial charge in [0.05, 0.1) is 12.2 Å². The number of carbonyl (C=O) groups excluding carboxylic acids is 1. The van der Waals surface area contributed by atoms with Gasteiger partial charge in [-0.05, 0) is 58.1 Å². The molecule has 1 atom stereocenters. The van der Waals surface area contributed by atoms with E-state index in [1.54, 1.807) is 13.3 Å². The molecule has 1 saturated heterocycles. The Morgan fingerprint density at radius 1 is 1.27 bits per heavy atom. The molecule has 0 saturated carbocycles. The molecule has 1 aromatic carbocycles. The van der Waals surface area contributed by atoms with Crippen LogP contribution in [0.15, 0.2) is 46.0 Å². The SMILES string of the molecule is CN=C(NCCC1CCCN(C(=O)OC(C)(C)C)C1)NCc1coc(-c2ccccc2)n1.I. The van der Waals surface area contributed by atoms with Gasteiger partial charge in [0.1, 0.15) is 11.9 Å². The summed E-state index contributed by atoms with van der Waals surface area (Å²) < 4.78 is 11.1. The van der Waals surface area contributed by atoms with Gasteiger partial charge in [0.15, 0.2) is 5.96 Å². The van der Waals surface area contributed by atoms with Gasteiger partial charge in [0, 0.05) is 32.2 Å². The number of amides is 1. The third kappa shape index (κ3) is 8.87. The van der Waals surface area contributed by atoms with Gasteiger partial charge in [-0.25, -0.2) is 9.78 Å². The quantitative estimate of drug-likeness (QED) is 0.299. The molecule has 3 rings (SSSR count). The maximum absolute atomic E-state index is 12.3. The monoisotopic (exact) mass is 569 g/mol. The second-order valence-electron chi connectivity index (χ2n) is 9.09. The third-order valence-electron chi connectivity index (χ3n) is 5.25. The summed E-state index contributed by atoms with van der Waals surface area (Å²) in [6, 6.07) is 9.83. The fourth-order valence-corrected chi connectivity index (χ4v) is 3.68. The molecule has 0 spiro atoms. The molecule has 1 fully saturated rings. The highest BCUT2D eigenvalue weighted by atomic mass is 127. The van der Waals surface area contributed by atoms with E-state index in [4.69, 9.17) is 9.15 Å². The maximum atomic E-state index is 12.3. The van der Waals surface area contributed by atoms with Crippen LogP contribution in [0.1, 0.15) is 45.7 Å². The molecule has 1 amide bonds. The average molecular weight is 569 g/mol. The minimum Gasteiger partial charge on any atom is -0.444 e. The van der Waals surface area contributed by atoms with Gasteiger partial charge in [-0.15, -0.1) is 24.0 Å². The number of guanidine groups is 1. The summed E-state index contributed by atoms with van der Waals surface area (Å²) in [5, 5.41) is 6.63. The van der Waals surface area contributed by atoms with Crippen LogP contribution in [-0.4, -0.2) is 54.2 Å². The van der Waals surface area contributed by atoms with E-state index >= 15 is 0 Å². The molecule has 33 heavy (non-hydrogen) atoms. The van der Waals surface area contributed by atoms with E-state index in [1.165, 1.54) is 0 Å². The van der Waals surface area contributed by atoms with Crippen LogP contribution in [0.5, 0.6) is 0 Å². The Labute approximate surface area is 213 Å². The summed E-state index contributed by atoms with van der Waals surface area (Å²) in [5.41, 5.74) is 1.30. The van der Waals surface area contributed by atoms with Crippen LogP contribution >= 0.6 is 24.0 Å². The van der Waals surface area contributed by atoms with Crippen molar-refractivity contribution >= 4 is 36.0 Å². The number of piperidine rings is 1. The molecule has 1 unspecified atom stereocenters. The molecule has 2 N–H and O–H groups in total. The van der Waals surface area contributed by atoms with E-state index in [1.807, 2.05) is 56.0 Å². The van der Waals surface area contributed by atoms with Crippen molar-refractivity contribution in [1.82, 2.24) is 20.5 Å². The maximum Gasteiger partial charge on any atom is 0.410 e. The molecular weight excluding hydrogens is 533 g/mol. The Kier molecular flexibility index (Phi) is 10.5. The lowest BCUT2D eigenvalue weighted by atomic mass is 9.95. The van der Waals surface area contributed by atoms with Gasteiger partial charge in [0.25, 0.3) is 0 Å². The number of rotatable bonds is 6. The van der Waals surface area contributed by atoms with E-state index in [0.29, 0.717) is 24.3 Å². The number of aromatic nitrogens is 1. The summed E-state index contributed by atoms with van der Waals surface area (Å²) in [6.45, 7) is 8.50. The Hall–Kier alpha value is -2.30. The topological polar surface area (TPSA) is 92.0 Å². The molecule has 8 nitrogen and oxygen atoms in total.